The monoisotopic (exact) mass is 416 g/mol. The zero-order valence-electron chi connectivity index (χ0n) is 14.0. The van der Waals surface area contributed by atoms with E-state index in [0.29, 0.717) is 0 Å². The van der Waals surface area contributed by atoms with Gasteiger partial charge < -0.3 is 9.80 Å². The molecule has 0 N–H and O–H groups in total. The fraction of sp³-hybridized carbons (Fsp3) is 0.857. The van der Waals surface area contributed by atoms with Crippen molar-refractivity contribution in [3.05, 3.63) is 0 Å². The molecule has 0 aliphatic carbocycles. The Morgan fingerprint density at radius 1 is 0.682 bits per heavy atom. The maximum atomic E-state index is 5.41. The Morgan fingerprint density at radius 2 is 1.00 bits per heavy atom. The van der Waals surface area contributed by atoms with Crippen LogP contribution in [-0.2, 0) is 0 Å². The van der Waals surface area contributed by atoms with E-state index in [4.69, 9.17) is 24.4 Å². The van der Waals surface area contributed by atoms with Gasteiger partial charge in [-0.1, -0.05) is 46.0 Å². The molecule has 0 aromatic heterocycles. The quantitative estimate of drug-likeness (QED) is 0.234. The van der Waals surface area contributed by atoms with Crippen molar-refractivity contribution in [2.45, 2.75) is 40.5 Å². The zero-order valence-corrected chi connectivity index (χ0v) is 18.9. The maximum Gasteiger partial charge on any atom is 0.147 e. The highest BCUT2D eigenvalue weighted by Gasteiger charge is 2.07. The maximum absolute atomic E-state index is 5.41. The van der Waals surface area contributed by atoms with Gasteiger partial charge in [-0.15, -0.1) is 0 Å². The van der Waals surface area contributed by atoms with Crippen LogP contribution in [0.1, 0.15) is 40.5 Å². The van der Waals surface area contributed by atoms with Gasteiger partial charge in [-0.25, -0.2) is 0 Å². The molecule has 0 atom stereocenters. The molecule has 0 heterocycles. The van der Waals surface area contributed by atoms with Crippen LogP contribution in [0, 0.1) is 0 Å². The first-order chi connectivity index (χ1) is 10.6. The molecule has 0 aliphatic rings. The van der Waals surface area contributed by atoms with Gasteiger partial charge in [-0.2, -0.15) is 0 Å². The van der Waals surface area contributed by atoms with E-state index in [0.717, 1.165) is 46.3 Å². The lowest BCUT2D eigenvalue weighted by Gasteiger charge is -2.20. The number of nitrogens with zero attached hydrogens (tertiary/aromatic N) is 2. The Hall–Kier alpha value is 1.18. The summed E-state index contributed by atoms with van der Waals surface area (Å²) in [7, 11) is 7.25. The minimum Gasteiger partial charge on any atom is -0.357 e. The van der Waals surface area contributed by atoms with Crippen molar-refractivity contribution in [3.8, 4) is 0 Å². The van der Waals surface area contributed by atoms with Crippen molar-refractivity contribution in [2.24, 2.45) is 0 Å². The number of thiocarbonyl (C=S) groups is 2. The first-order valence-electron chi connectivity index (χ1n) is 7.77. The predicted octanol–water partition coefficient (Wildman–Crippen LogP) is 5.78. The Labute approximate surface area is 163 Å². The Bertz CT molecular complexity index is 276. The van der Waals surface area contributed by atoms with Gasteiger partial charge in [0.15, 0.2) is 0 Å². The summed E-state index contributed by atoms with van der Waals surface area (Å²) in [6.07, 6.45) is 2.48. The minimum absolute atomic E-state index is 1.00. The van der Waals surface area contributed by atoms with Gasteiger partial charge in [0.1, 0.15) is 8.64 Å². The van der Waals surface area contributed by atoms with Crippen LogP contribution in [0.3, 0.4) is 0 Å². The molecule has 0 bridgehead atoms. The van der Waals surface area contributed by atoms with Gasteiger partial charge in [0.2, 0.25) is 0 Å². The summed E-state index contributed by atoms with van der Waals surface area (Å²) in [4.78, 5) is 4.46. The van der Waals surface area contributed by atoms with Crippen molar-refractivity contribution < 1.29 is 0 Å². The van der Waals surface area contributed by atoms with E-state index < -0.39 is 0 Å². The van der Waals surface area contributed by atoms with Crippen molar-refractivity contribution in [1.82, 2.24) is 9.80 Å². The molecule has 0 spiro atoms. The summed E-state index contributed by atoms with van der Waals surface area (Å²) in [5.74, 6) is 2.33. The van der Waals surface area contributed by atoms with Crippen LogP contribution in [0.25, 0.3) is 0 Å². The summed E-state index contributed by atoms with van der Waals surface area (Å²) in [5, 5.41) is 0. The smallest absolute Gasteiger partial charge is 0.147 e. The molecule has 130 valence electrons. The van der Waals surface area contributed by atoms with Crippen LogP contribution in [0.15, 0.2) is 0 Å². The molecule has 0 aromatic carbocycles. The SMILES string of the molecule is CCN(CC)C(=S)SSCCCCSSC(=S)N(CC)CC. The average molecular weight is 417 g/mol. The van der Waals surface area contributed by atoms with Crippen LogP contribution < -0.4 is 0 Å². The molecule has 0 fully saturated rings. The lowest BCUT2D eigenvalue weighted by Crippen LogP contribution is -2.26. The normalized spacial score (nSPS) is 10.5. The first-order valence-corrected chi connectivity index (χ1v) is 13.2. The molecule has 0 aliphatic heterocycles. The largest absolute Gasteiger partial charge is 0.357 e. The molecule has 0 amide bonds. The third-order valence-electron chi connectivity index (χ3n) is 3.01. The summed E-state index contributed by atoms with van der Waals surface area (Å²) >= 11 is 10.8. The van der Waals surface area contributed by atoms with Crippen LogP contribution >= 0.6 is 67.6 Å². The Balaban J connectivity index is 3.51. The standard InChI is InChI=1S/C14H28N2S6/c1-5-15(6-2)13(17)21-19-11-9-10-12-20-22-14(18)16(7-3)8-4/h5-12H2,1-4H3. The van der Waals surface area contributed by atoms with E-state index in [-0.39, 0.29) is 0 Å². The number of rotatable bonds is 11. The van der Waals surface area contributed by atoms with Gasteiger partial charge in [0.05, 0.1) is 0 Å². The first kappa shape index (κ1) is 23.2. The molecule has 8 heteroatoms. The summed E-state index contributed by atoms with van der Waals surface area (Å²) in [6, 6.07) is 0. The Kier molecular flexibility index (Phi) is 16.5. The van der Waals surface area contributed by atoms with E-state index in [9.17, 15) is 0 Å². The van der Waals surface area contributed by atoms with E-state index in [2.05, 4.69) is 37.5 Å². The minimum atomic E-state index is 1.00. The zero-order chi connectivity index (χ0) is 16.8. The molecule has 0 unspecified atom stereocenters. The number of unbranched alkanes of at least 4 members (excludes halogenated alkanes) is 1. The molecule has 2 nitrogen and oxygen atoms in total. The molecule has 22 heavy (non-hydrogen) atoms. The molecule has 0 saturated carbocycles. The van der Waals surface area contributed by atoms with Crippen LogP contribution in [0.2, 0.25) is 0 Å². The predicted molar refractivity (Wildman–Crippen MR) is 120 cm³/mol. The average Bonchev–Trinajstić information content (AvgIpc) is 2.52. The third kappa shape index (κ3) is 10.9. The summed E-state index contributed by atoms with van der Waals surface area (Å²) in [6.45, 7) is 12.6. The second-order valence-corrected chi connectivity index (χ2v) is 10.5. The molecular weight excluding hydrogens is 389 g/mol. The van der Waals surface area contributed by atoms with Crippen molar-refractivity contribution >= 4 is 76.3 Å². The number of hydrogen-bond donors (Lipinski definition) is 0. The lowest BCUT2D eigenvalue weighted by atomic mass is 10.4. The van der Waals surface area contributed by atoms with Gasteiger partial charge in [0, 0.05) is 37.7 Å². The highest BCUT2D eigenvalue weighted by molar-refractivity contribution is 8.84. The van der Waals surface area contributed by atoms with Crippen molar-refractivity contribution in [2.75, 3.05) is 37.7 Å². The van der Waals surface area contributed by atoms with Crippen LogP contribution in [0.4, 0.5) is 0 Å². The molecule has 0 rings (SSSR count). The second kappa shape index (κ2) is 15.7. The molecular formula is C14H28N2S6. The fourth-order valence-electron chi connectivity index (χ4n) is 1.58. The van der Waals surface area contributed by atoms with E-state index in [1.165, 1.54) is 12.8 Å². The van der Waals surface area contributed by atoms with E-state index >= 15 is 0 Å². The number of hydrogen-bond acceptors (Lipinski definition) is 6. The molecule has 0 saturated heterocycles. The van der Waals surface area contributed by atoms with Crippen LogP contribution in [-0.4, -0.2) is 56.1 Å². The third-order valence-corrected chi connectivity index (χ3v) is 9.26. The van der Waals surface area contributed by atoms with Gasteiger partial charge >= 0.3 is 0 Å². The lowest BCUT2D eigenvalue weighted by molar-refractivity contribution is 0.482. The van der Waals surface area contributed by atoms with Crippen molar-refractivity contribution in [1.29, 1.82) is 0 Å². The molecule has 0 aromatic rings. The molecule has 0 radical (unpaired) electrons. The van der Waals surface area contributed by atoms with Gasteiger partial charge in [-0.05, 0) is 62.1 Å². The summed E-state index contributed by atoms with van der Waals surface area (Å²) < 4.78 is 2.04. The van der Waals surface area contributed by atoms with E-state index in [1.807, 2.05) is 21.6 Å². The highest BCUT2D eigenvalue weighted by Crippen LogP contribution is 2.28. The topological polar surface area (TPSA) is 6.48 Å². The Morgan fingerprint density at radius 3 is 1.27 bits per heavy atom. The second-order valence-electron chi connectivity index (χ2n) is 4.39. The van der Waals surface area contributed by atoms with Crippen LogP contribution in [0.5, 0.6) is 0 Å². The summed E-state index contributed by atoms with van der Waals surface area (Å²) in [5.41, 5.74) is 0. The van der Waals surface area contributed by atoms with E-state index in [1.54, 1.807) is 21.6 Å². The van der Waals surface area contributed by atoms with Gasteiger partial charge in [-0.3, -0.25) is 0 Å². The fourth-order valence-corrected chi connectivity index (χ4v) is 7.14. The van der Waals surface area contributed by atoms with Gasteiger partial charge in [0.25, 0.3) is 0 Å². The highest BCUT2D eigenvalue weighted by atomic mass is 33.1. The van der Waals surface area contributed by atoms with Crippen molar-refractivity contribution in [3.63, 3.8) is 0 Å².